The van der Waals surface area contributed by atoms with Crippen LogP contribution in [0.15, 0.2) is 0 Å². The zero-order valence-electron chi connectivity index (χ0n) is 12.7. The van der Waals surface area contributed by atoms with E-state index < -0.39 is 0 Å². The Hall–Kier alpha value is -1.10. The van der Waals surface area contributed by atoms with Gasteiger partial charge in [-0.2, -0.15) is 15.0 Å². The second-order valence-corrected chi connectivity index (χ2v) is 6.54. The molecule has 1 atom stereocenters. The average Bonchev–Trinajstić information content (AvgIpc) is 3.31. The van der Waals surface area contributed by atoms with Crippen molar-refractivity contribution in [2.45, 2.75) is 57.9 Å². The van der Waals surface area contributed by atoms with Crippen LogP contribution in [0.5, 0.6) is 0 Å². The Morgan fingerprint density at radius 3 is 2.62 bits per heavy atom. The largest absolute Gasteiger partial charge is 0.351 e. The Kier molecular flexibility index (Phi) is 4.78. The topological polar surface area (TPSA) is 53.9 Å². The molecule has 1 aliphatic carbocycles. The van der Waals surface area contributed by atoms with Gasteiger partial charge < -0.3 is 10.2 Å². The SMILES string of the molecule is CCC(CC1CC1)Nc1nc(Cl)nc(N2CCCCC2)n1. The van der Waals surface area contributed by atoms with Gasteiger partial charge in [0.05, 0.1) is 0 Å². The molecule has 0 spiro atoms. The number of hydrogen-bond acceptors (Lipinski definition) is 5. The van der Waals surface area contributed by atoms with Gasteiger partial charge in [0.15, 0.2) is 0 Å². The maximum Gasteiger partial charge on any atom is 0.231 e. The van der Waals surface area contributed by atoms with E-state index in [4.69, 9.17) is 11.6 Å². The fraction of sp³-hybridized carbons (Fsp3) is 0.800. The maximum absolute atomic E-state index is 6.09. The van der Waals surface area contributed by atoms with Gasteiger partial charge in [-0.25, -0.2) is 0 Å². The van der Waals surface area contributed by atoms with Crippen LogP contribution in [0.2, 0.25) is 5.28 Å². The highest BCUT2D eigenvalue weighted by atomic mass is 35.5. The lowest BCUT2D eigenvalue weighted by atomic mass is 10.1. The van der Waals surface area contributed by atoms with E-state index in [-0.39, 0.29) is 5.28 Å². The molecular weight excluding hydrogens is 286 g/mol. The average molecular weight is 310 g/mol. The Balaban J connectivity index is 1.69. The minimum Gasteiger partial charge on any atom is -0.351 e. The lowest BCUT2D eigenvalue weighted by Crippen LogP contribution is -2.31. The molecule has 116 valence electrons. The zero-order valence-corrected chi connectivity index (χ0v) is 13.4. The first-order chi connectivity index (χ1) is 10.2. The fourth-order valence-electron chi connectivity index (χ4n) is 2.91. The summed E-state index contributed by atoms with van der Waals surface area (Å²) in [6.07, 6.45) is 8.72. The Morgan fingerprint density at radius 1 is 1.19 bits per heavy atom. The highest BCUT2D eigenvalue weighted by Gasteiger charge is 2.25. The fourth-order valence-corrected chi connectivity index (χ4v) is 3.06. The predicted molar refractivity (Wildman–Crippen MR) is 85.9 cm³/mol. The molecule has 6 heteroatoms. The molecule has 21 heavy (non-hydrogen) atoms. The monoisotopic (exact) mass is 309 g/mol. The predicted octanol–water partition coefficient (Wildman–Crippen LogP) is 3.51. The van der Waals surface area contributed by atoms with Crippen molar-refractivity contribution in [1.82, 2.24) is 15.0 Å². The van der Waals surface area contributed by atoms with Crippen LogP contribution in [-0.4, -0.2) is 34.1 Å². The molecule has 2 aliphatic rings. The molecule has 1 aliphatic heterocycles. The molecule has 5 nitrogen and oxygen atoms in total. The van der Waals surface area contributed by atoms with Crippen molar-refractivity contribution < 1.29 is 0 Å². The van der Waals surface area contributed by atoms with Crippen LogP contribution in [0.3, 0.4) is 0 Å². The summed E-state index contributed by atoms with van der Waals surface area (Å²) >= 11 is 6.09. The standard InChI is InChI=1S/C15H24ClN5/c1-2-12(10-11-6-7-11)17-14-18-13(16)19-15(20-14)21-8-4-3-5-9-21/h11-12H,2-10H2,1H3,(H,17,18,19,20). The highest BCUT2D eigenvalue weighted by molar-refractivity contribution is 6.28. The summed E-state index contributed by atoms with van der Waals surface area (Å²) in [5.74, 6) is 2.24. The Morgan fingerprint density at radius 2 is 1.95 bits per heavy atom. The number of anilines is 2. The normalized spacial score (nSPS) is 20.4. The van der Waals surface area contributed by atoms with Crippen LogP contribution in [0.4, 0.5) is 11.9 Å². The molecule has 1 saturated heterocycles. The second kappa shape index (κ2) is 6.77. The van der Waals surface area contributed by atoms with Crippen LogP contribution < -0.4 is 10.2 Å². The van der Waals surface area contributed by atoms with Gasteiger partial charge in [-0.3, -0.25) is 0 Å². The smallest absolute Gasteiger partial charge is 0.231 e. The van der Waals surface area contributed by atoms with Gasteiger partial charge >= 0.3 is 0 Å². The van der Waals surface area contributed by atoms with Gasteiger partial charge in [0.2, 0.25) is 17.2 Å². The summed E-state index contributed by atoms with van der Waals surface area (Å²) < 4.78 is 0. The first-order valence-electron chi connectivity index (χ1n) is 8.17. The molecule has 1 unspecified atom stereocenters. The lowest BCUT2D eigenvalue weighted by Gasteiger charge is -2.27. The quantitative estimate of drug-likeness (QED) is 0.871. The van der Waals surface area contributed by atoms with Crippen LogP contribution in [0.25, 0.3) is 0 Å². The summed E-state index contributed by atoms with van der Waals surface area (Å²) in [4.78, 5) is 15.3. The molecule has 1 N–H and O–H groups in total. The van der Waals surface area contributed by atoms with Crippen molar-refractivity contribution in [3.05, 3.63) is 5.28 Å². The molecule has 3 rings (SSSR count). The molecule has 0 bridgehead atoms. The third-order valence-electron chi connectivity index (χ3n) is 4.38. The molecule has 0 amide bonds. The number of piperidine rings is 1. The lowest BCUT2D eigenvalue weighted by molar-refractivity contribution is 0.564. The van der Waals surface area contributed by atoms with E-state index in [1.165, 1.54) is 38.5 Å². The summed E-state index contributed by atoms with van der Waals surface area (Å²) in [7, 11) is 0. The van der Waals surface area contributed by atoms with Crippen LogP contribution >= 0.6 is 11.6 Å². The van der Waals surface area contributed by atoms with Gasteiger partial charge in [-0.05, 0) is 49.6 Å². The van der Waals surface area contributed by atoms with E-state index in [2.05, 4.69) is 32.1 Å². The van der Waals surface area contributed by atoms with Crippen molar-refractivity contribution >= 4 is 23.5 Å². The van der Waals surface area contributed by atoms with E-state index in [0.717, 1.165) is 31.4 Å². The summed E-state index contributed by atoms with van der Waals surface area (Å²) in [6.45, 7) is 4.23. The van der Waals surface area contributed by atoms with Crippen molar-refractivity contribution in [2.75, 3.05) is 23.3 Å². The first kappa shape index (κ1) is 14.8. The van der Waals surface area contributed by atoms with Crippen molar-refractivity contribution in [2.24, 2.45) is 5.92 Å². The first-order valence-corrected chi connectivity index (χ1v) is 8.55. The molecule has 1 saturated carbocycles. The summed E-state index contributed by atoms with van der Waals surface area (Å²) in [5, 5.41) is 3.73. The van der Waals surface area contributed by atoms with Gasteiger partial charge in [0, 0.05) is 19.1 Å². The van der Waals surface area contributed by atoms with Crippen LogP contribution in [0, 0.1) is 5.92 Å². The maximum atomic E-state index is 6.09. The Bertz CT molecular complexity index is 471. The molecule has 0 aromatic carbocycles. The zero-order chi connectivity index (χ0) is 14.7. The van der Waals surface area contributed by atoms with Gasteiger partial charge in [-0.15, -0.1) is 0 Å². The van der Waals surface area contributed by atoms with Crippen LogP contribution in [0.1, 0.15) is 51.9 Å². The number of rotatable bonds is 6. The Labute approximate surface area is 131 Å². The third-order valence-corrected chi connectivity index (χ3v) is 4.55. The molecule has 2 fully saturated rings. The number of nitrogens with one attached hydrogen (secondary N) is 1. The molecule has 0 radical (unpaired) electrons. The van der Waals surface area contributed by atoms with Crippen molar-refractivity contribution in [3.8, 4) is 0 Å². The van der Waals surface area contributed by atoms with E-state index >= 15 is 0 Å². The molecule has 1 aromatic heterocycles. The minimum atomic E-state index is 0.286. The molecule has 2 heterocycles. The van der Waals surface area contributed by atoms with Crippen molar-refractivity contribution in [1.29, 1.82) is 0 Å². The van der Waals surface area contributed by atoms with Gasteiger partial charge in [0.25, 0.3) is 0 Å². The van der Waals surface area contributed by atoms with Gasteiger partial charge in [0.1, 0.15) is 0 Å². The van der Waals surface area contributed by atoms with E-state index in [9.17, 15) is 0 Å². The minimum absolute atomic E-state index is 0.286. The van der Waals surface area contributed by atoms with E-state index in [1.54, 1.807) is 0 Å². The number of halogens is 1. The number of hydrogen-bond donors (Lipinski definition) is 1. The number of nitrogens with zero attached hydrogens (tertiary/aromatic N) is 4. The van der Waals surface area contributed by atoms with E-state index in [0.29, 0.717) is 12.0 Å². The van der Waals surface area contributed by atoms with Crippen LogP contribution in [-0.2, 0) is 0 Å². The molecular formula is C15H24ClN5. The second-order valence-electron chi connectivity index (χ2n) is 6.20. The van der Waals surface area contributed by atoms with Gasteiger partial charge in [-0.1, -0.05) is 19.8 Å². The third kappa shape index (κ3) is 4.19. The highest BCUT2D eigenvalue weighted by Crippen LogP contribution is 2.34. The van der Waals surface area contributed by atoms with E-state index in [1.807, 2.05) is 0 Å². The van der Waals surface area contributed by atoms with Crippen molar-refractivity contribution in [3.63, 3.8) is 0 Å². The number of aromatic nitrogens is 3. The summed E-state index contributed by atoms with van der Waals surface area (Å²) in [6, 6.07) is 0.435. The summed E-state index contributed by atoms with van der Waals surface area (Å²) in [5.41, 5.74) is 0. The molecule has 1 aromatic rings.